The van der Waals surface area contributed by atoms with Crippen LogP contribution in [0.3, 0.4) is 0 Å². The Balaban J connectivity index is 1.43. The molecule has 31 heavy (non-hydrogen) atoms. The molecule has 1 saturated heterocycles. The van der Waals surface area contributed by atoms with Crippen LogP contribution in [0, 0.1) is 11.3 Å². The summed E-state index contributed by atoms with van der Waals surface area (Å²) in [5, 5.41) is 9.03. The van der Waals surface area contributed by atoms with Crippen molar-refractivity contribution >= 4 is 17.5 Å². The normalized spacial score (nSPS) is 13.5. The van der Waals surface area contributed by atoms with Crippen molar-refractivity contribution in [2.75, 3.05) is 44.8 Å². The Bertz CT molecular complexity index is 978. The highest BCUT2D eigenvalue weighted by atomic mass is 16.5. The van der Waals surface area contributed by atoms with Gasteiger partial charge in [0.05, 0.1) is 25.3 Å². The number of hydrogen-bond acceptors (Lipinski definition) is 7. The molecule has 3 rings (SSSR count). The summed E-state index contributed by atoms with van der Waals surface area (Å²) in [5.41, 5.74) is 1.14. The number of rotatable bonds is 8. The Morgan fingerprint density at radius 3 is 2.58 bits per heavy atom. The number of piperazine rings is 1. The van der Waals surface area contributed by atoms with Crippen LogP contribution in [-0.4, -0.2) is 61.5 Å². The molecule has 0 spiro atoms. The average Bonchev–Trinajstić information content (AvgIpc) is 2.81. The lowest BCUT2D eigenvalue weighted by atomic mass is 10.1. The molecule has 1 amide bonds. The fraction of sp³-hybridized carbons (Fsp3) is 0.391. The molecule has 2 heterocycles. The predicted octanol–water partition coefficient (Wildman–Crippen LogP) is 2.67. The third-order valence-electron chi connectivity index (χ3n) is 5.19. The van der Waals surface area contributed by atoms with Crippen molar-refractivity contribution in [2.24, 2.45) is 0 Å². The third kappa shape index (κ3) is 5.72. The van der Waals surface area contributed by atoms with Crippen LogP contribution in [-0.2, 0) is 4.79 Å². The van der Waals surface area contributed by atoms with Gasteiger partial charge < -0.3 is 19.3 Å². The molecule has 1 aliphatic rings. The molecule has 0 saturated carbocycles. The van der Waals surface area contributed by atoms with Gasteiger partial charge in [-0.3, -0.25) is 9.59 Å². The van der Waals surface area contributed by atoms with E-state index < -0.39 is 0 Å². The number of benzene rings is 1. The average molecular weight is 422 g/mol. The number of Topliss-reactive ketones (excluding diaryl/α,β-unsaturated/α-hetero) is 1. The number of methoxy groups -OCH3 is 1. The SMILES string of the molecule is COc1cc(C(C)=O)ccc1OCCCC(=O)N1CCN(c2cc(C#N)ccn2)CC1. The molecule has 1 aromatic carbocycles. The number of amides is 1. The van der Waals surface area contributed by atoms with Crippen molar-refractivity contribution in [3.05, 3.63) is 47.7 Å². The first-order valence-electron chi connectivity index (χ1n) is 10.2. The van der Waals surface area contributed by atoms with E-state index in [9.17, 15) is 9.59 Å². The highest BCUT2D eigenvalue weighted by molar-refractivity contribution is 5.94. The van der Waals surface area contributed by atoms with E-state index in [2.05, 4.69) is 16.0 Å². The number of anilines is 1. The monoisotopic (exact) mass is 422 g/mol. The summed E-state index contributed by atoms with van der Waals surface area (Å²) < 4.78 is 11.0. The van der Waals surface area contributed by atoms with Gasteiger partial charge in [-0.05, 0) is 43.7 Å². The van der Waals surface area contributed by atoms with Gasteiger partial charge in [-0.2, -0.15) is 5.26 Å². The number of hydrogen-bond donors (Lipinski definition) is 0. The zero-order valence-electron chi connectivity index (χ0n) is 17.8. The van der Waals surface area contributed by atoms with Crippen molar-refractivity contribution in [3.63, 3.8) is 0 Å². The predicted molar refractivity (Wildman–Crippen MR) is 115 cm³/mol. The molecule has 8 nitrogen and oxygen atoms in total. The molecular weight excluding hydrogens is 396 g/mol. The number of ether oxygens (including phenoxy) is 2. The van der Waals surface area contributed by atoms with Gasteiger partial charge in [0.1, 0.15) is 5.82 Å². The number of nitrogens with zero attached hydrogens (tertiary/aromatic N) is 4. The molecular formula is C23H26N4O4. The van der Waals surface area contributed by atoms with Crippen molar-refractivity contribution in [2.45, 2.75) is 19.8 Å². The number of carbonyl (C=O) groups is 2. The van der Waals surface area contributed by atoms with Gasteiger partial charge in [-0.15, -0.1) is 0 Å². The summed E-state index contributed by atoms with van der Waals surface area (Å²) in [6, 6.07) is 10.6. The second kappa shape index (κ2) is 10.4. The van der Waals surface area contributed by atoms with Crippen LogP contribution in [0.2, 0.25) is 0 Å². The Labute approximate surface area is 182 Å². The van der Waals surface area contributed by atoms with Crippen molar-refractivity contribution in [1.82, 2.24) is 9.88 Å². The zero-order chi connectivity index (χ0) is 22.2. The molecule has 1 fully saturated rings. The highest BCUT2D eigenvalue weighted by Crippen LogP contribution is 2.28. The molecule has 0 radical (unpaired) electrons. The van der Waals surface area contributed by atoms with Crippen LogP contribution in [0.4, 0.5) is 5.82 Å². The molecule has 0 N–H and O–H groups in total. The Morgan fingerprint density at radius 2 is 1.90 bits per heavy atom. The largest absolute Gasteiger partial charge is 0.493 e. The van der Waals surface area contributed by atoms with Gasteiger partial charge in [0, 0.05) is 44.4 Å². The molecule has 0 aliphatic carbocycles. The van der Waals surface area contributed by atoms with Crippen molar-refractivity contribution < 1.29 is 19.1 Å². The fourth-order valence-electron chi connectivity index (χ4n) is 3.42. The summed E-state index contributed by atoms with van der Waals surface area (Å²) in [4.78, 5) is 32.3. The van der Waals surface area contributed by atoms with Crippen LogP contribution >= 0.6 is 0 Å². The fourth-order valence-corrected chi connectivity index (χ4v) is 3.42. The van der Waals surface area contributed by atoms with Crippen molar-refractivity contribution in [1.29, 1.82) is 5.26 Å². The van der Waals surface area contributed by atoms with Crippen LogP contribution < -0.4 is 14.4 Å². The lowest BCUT2D eigenvalue weighted by Crippen LogP contribution is -2.49. The van der Waals surface area contributed by atoms with Crippen LogP contribution in [0.15, 0.2) is 36.5 Å². The summed E-state index contributed by atoms with van der Waals surface area (Å²) >= 11 is 0. The number of nitriles is 1. The maximum absolute atomic E-state index is 12.5. The first kappa shape index (κ1) is 22.1. The maximum atomic E-state index is 12.5. The molecule has 0 unspecified atom stereocenters. The molecule has 0 bridgehead atoms. The van der Waals surface area contributed by atoms with Gasteiger partial charge in [0.25, 0.3) is 0 Å². The van der Waals surface area contributed by atoms with Gasteiger partial charge >= 0.3 is 0 Å². The number of carbonyl (C=O) groups excluding carboxylic acids is 2. The molecule has 1 aliphatic heterocycles. The minimum absolute atomic E-state index is 0.0379. The third-order valence-corrected chi connectivity index (χ3v) is 5.19. The van der Waals surface area contributed by atoms with Gasteiger partial charge in [0.15, 0.2) is 17.3 Å². The van der Waals surface area contributed by atoms with E-state index in [1.165, 1.54) is 14.0 Å². The molecule has 162 valence electrons. The summed E-state index contributed by atoms with van der Waals surface area (Å²) in [6.45, 7) is 4.50. The lowest BCUT2D eigenvalue weighted by molar-refractivity contribution is -0.131. The van der Waals surface area contributed by atoms with E-state index in [4.69, 9.17) is 14.7 Å². The van der Waals surface area contributed by atoms with E-state index in [1.54, 1.807) is 36.5 Å². The topological polar surface area (TPSA) is 95.8 Å². The maximum Gasteiger partial charge on any atom is 0.222 e. The van der Waals surface area contributed by atoms with E-state index in [-0.39, 0.29) is 11.7 Å². The Morgan fingerprint density at radius 1 is 1.13 bits per heavy atom. The summed E-state index contributed by atoms with van der Waals surface area (Å²) in [7, 11) is 1.53. The van der Waals surface area contributed by atoms with Gasteiger partial charge in [-0.1, -0.05) is 0 Å². The second-order valence-electron chi connectivity index (χ2n) is 7.26. The van der Waals surface area contributed by atoms with Gasteiger partial charge in [-0.25, -0.2) is 4.98 Å². The van der Waals surface area contributed by atoms with E-state index in [0.717, 1.165) is 5.82 Å². The van der Waals surface area contributed by atoms with E-state index in [1.807, 2.05) is 4.90 Å². The van der Waals surface area contributed by atoms with Crippen LogP contribution in [0.1, 0.15) is 35.7 Å². The van der Waals surface area contributed by atoms with Crippen molar-refractivity contribution in [3.8, 4) is 17.6 Å². The Hall–Kier alpha value is -3.60. The van der Waals surface area contributed by atoms with E-state index >= 15 is 0 Å². The Kier molecular flexibility index (Phi) is 7.44. The lowest BCUT2D eigenvalue weighted by Gasteiger charge is -2.35. The molecule has 8 heteroatoms. The van der Waals surface area contributed by atoms with Gasteiger partial charge in [0.2, 0.25) is 5.91 Å². The van der Waals surface area contributed by atoms with Crippen LogP contribution in [0.5, 0.6) is 11.5 Å². The number of ketones is 1. The smallest absolute Gasteiger partial charge is 0.222 e. The highest BCUT2D eigenvalue weighted by Gasteiger charge is 2.21. The van der Waals surface area contributed by atoms with Crippen LogP contribution in [0.25, 0.3) is 0 Å². The molecule has 2 aromatic rings. The number of pyridine rings is 1. The first-order chi connectivity index (χ1) is 15.0. The standard InChI is InChI=1S/C23H26N4O4/c1-17(28)19-5-6-20(21(15-19)30-2)31-13-3-4-23(29)27-11-9-26(10-12-27)22-14-18(16-24)7-8-25-22/h5-8,14-15H,3-4,9-13H2,1-2H3. The summed E-state index contributed by atoms with van der Waals surface area (Å²) in [6.07, 6.45) is 2.62. The summed E-state index contributed by atoms with van der Waals surface area (Å²) in [5.74, 6) is 1.89. The first-order valence-corrected chi connectivity index (χ1v) is 10.2. The molecule has 0 atom stereocenters. The number of aromatic nitrogens is 1. The zero-order valence-corrected chi connectivity index (χ0v) is 17.8. The van der Waals surface area contributed by atoms with E-state index in [0.29, 0.717) is 68.3 Å². The second-order valence-corrected chi connectivity index (χ2v) is 7.26. The molecule has 1 aromatic heterocycles. The minimum Gasteiger partial charge on any atom is -0.493 e. The minimum atomic E-state index is -0.0379. The quantitative estimate of drug-likeness (QED) is 0.477.